The van der Waals surface area contributed by atoms with Crippen LogP contribution in [-0.4, -0.2) is 61.6 Å². The SMILES string of the molecule is CN(CCS)CCCN(C)CCCS. The standard InChI is InChI=1S/C10H24N2S2/c1-11(7-4-9-13)5-3-6-12(2)8-10-14/h13-14H,3-10H2,1-2H3. The molecule has 0 aliphatic carbocycles. The average Bonchev–Trinajstić information content (AvgIpc) is 2.15. The van der Waals surface area contributed by atoms with Crippen molar-refractivity contribution in [1.82, 2.24) is 9.80 Å². The summed E-state index contributed by atoms with van der Waals surface area (Å²) >= 11 is 8.41. The van der Waals surface area contributed by atoms with Crippen LogP contribution in [0.25, 0.3) is 0 Å². The van der Waals surface area contributed by atoms with Crippen molar-refractivity contribution < 1.29 is 0 Å². The molecule has 4 heteroatoms. The van der Waals surface area contributed by atoms with Crippen molar-refractivity contribution in [3.05, 3.63) is 0 Å². The molecule has 0 heterocycles. The largest absolute Gasteiger partial charge is 0.306 e. The van der Waals surface area contributed by atoms with Gasteiger partial charge in [0, 0.05) is 12.3 Å². The number of rotatable bonds is 9. The molecule has 86 valence electrons. The molecule has 0 spiro atoms. The van der Waals surface area contributed by atoms with Crippen LogP contribution in [0, 0.1) is 0 Å². The summed E-state index contributed by atoms with van der Waals surface area (Å²) in [5, 5.41) is 0. The predicted octanol–water partition coefficient (Wildman–Crippen LogP) is 1.49. The van der Waals surface area contributed by atoms with Gasteiger partial charge in [0.05, 0.1) is 0 Å². The van der Waals surface area contributed by atoms with Crippen LogP contribution in [0.5, 0.6) is 0 Å². The van der Waals surface area contributed by atoms with E-state index >= 15 is 0 Å². The van der Waals surface area contributed by atoms with Crippen LogP contribution >= 0.6 is 25.3 Å². The van der Waals surface area contributed by atoms with E-state index in [-0.39, 0.29) is 0 Å². The van der Waals surface area contributed by atoms with Crippen molar-refractivity contribution in [3.8, 4) is 0 Å². The fourth-order valence-corrected chi connectivity index (χ4v) is 1.83. The maximum atomic E-state index is 4.21. The van der Waals surface area contributed by atoms with Crippen molar-refractivity contribution in [1.29, 1.82) is 0 Å². The number of thiol groups is 2. The molecular formula is C10H24N2S2. The Morgan fingerprint density at radius 3 is 1.71 bits per heavy atom. The van der Waals surface area contributed by atoms with Gasteiger partial charge in [-0.15, -0.1) is 0 Å². The van der Waals surface area contributed by atoms with E-state index in [0.717, 1.165) is 18.1 Å². The molecule has 2 nitrogen and oxygen atoms in total. The second-order valence-corrected chi connectivity index (χ2v) is 4.66. The highest BCUT2D eigenvalue weighted by Crippen LogP contribution is 1.94. The molecule has 0 rings (SSSR count). The molecule has 0 saturated heterocycles. The monoisotopic (exact) mass is 236 g/mol. The zero-order valence-electron chi connectivity index (χ0n) is 9.45. The molecule has 0 unspecified atom stereocenters. The van der Waals surface area contributed by atoms with Gasteiger partial charge in [-0.25, -0.2) is 0 Å². The molecule has 0 bridgehead atoms. The van der Waals surface area contributed by atoms with E-state index in [1.807, 2.05) is 0 Å². The third-order valence-electron chi connectivity index (χ3n) is 2.26. The molecule has 0 aliphatic rings. The first kappa shape index (κ1) is 14.6. The zero-order chi connectivity index (χ0) is 10.8. The fraction of sp³-hybridized carbons (Fsp3) is 1.00. The summed E-state index contributed by atoms with van der Waals surface area (Å²) in [5.41, 5.74) is 0. The Bertz CT molecular complexity index is 123. The molecule has 0 aromatic rings. The summed E-state index contributed by atoms with van der Waals surface area (Å²) in [6.07, 6.45) is 2.43. The summed E-state index contributed by atoms with van der Waals surface area (Å²) in [6.45, 7) is 4.61. The predicted molar refractivity (Wildman–Crippen MR) is 71.9 cm³/mol. The van der Waals surface area contributed by atoms with Gasteiger partial charge in [0.25, 0.3) is 0 Å². The van der Waals surface area contributed by atoms with E-state index in [2.05, 4.69) is 49.2 Å². The van der Waals surface area contributed by atoms with Gasteiger partial charge in [0.2, 0.25) is 0 Å². The minimum absolute atomic E-state index is 0.950. The lowest BCUT2D eigenvalue weighted by molar-refractivity contribution is 0.287. The smallest absolute Gasteiger partial charge is 0.00668 e. The van der Waals surface area contributed by atoms with Crippen LogP contribution in [0.4, 0.5) is 0 Å². The van der Waals surface area contributed by atoms with Crippen LogP contribution in [0.1, 0.15) is 12.8 Å². The van der Waals surface area contributed by atoms with Crippen LogP contribution < -0.4 is 0 Å². The Hall–Kier alpha value is 0.620. The van der Waals surface area contributed by atoms with Gasteiger partial charge >= 0.3 is 0 Å². The molecule has 0 radical (unpaired) electrons. The van der Waals surface area contributed by atoms with Crippen molar-refractivity contribution in [3.63, 3.8) is 0 Å². The van der Waals surface area contributed by atoms with E-state index in [1.54, 1.807) is 0 Å². The first-order valence-corrected chi connectivity index (χ1v) is 6.56. The van der Waals surface area contributed by atoms with Crippen molar-refractivity contribution >= 4 is 25.3 Å². The lowest BCUT2D eigenvalue weighted by atomic mass is 10.3. The summed E-state index contributed by atoms with van der Waals surface area (Å²) in [4.78, 5) is 4.71. The molecule has 0 saturated carbocycles. The van der Waals surface area contributed by atoms with Gasteiger partial charge in [0.15, 0.2) is 0 Å². The van der Waals surface area contributed by atoms with E-state index in [1.165, 1.54) is 32.5 Å². The number of hydrogen-bond donors (Lipinski definition) is 2. The van der Waals surface area contributed by atoms with Crippen molar-refractivity contribution in [2.45, 2.75) is 12.8 Å². The molecule has 14 heavy (non-hydrogen) atoms. The number of hydrogen-bond acceptors (Lipinski definition) is 4. The minimum Gasteiger partial charge on any atom is -0.306 e. The first-order valence-electron chi connectivity index (χ1n) is 5.29. The highest BCUT2D eigenvalue weighted by molar-refractivity contribution is 7.80. The van der Waals surface area contributed by atoms with Gasteiger partial charge in [-0.2, -0.15) is 25.3 Å². The van der Waals surface area contributed by atoms with Gasteiger partial charge < -0.3 is 9.80 Å². The Labute approximate surface area is 99.9 Å². The fourth-order valence-electron chi connectivity index (χ4n) is 1.35. The molecule has 0 aliphatic heterocycles. The lowest BCUT2D eigenvalue weighted by Gasteiger charge is -2.19. The highest BCUT2D eigenvalue weighted by Gasteiger charge is 1.99. The van der Waals surface area contributed by atoms with Crippen LogP contribution in [0.15, 0.2) is 0 Å². The van der Waals surface area contributed by atoms with Gasteiger partial charge in [-0.05, 0) is 52.3 Å². The van der Waals surface area contributed by atoms with E-state index in [9.17, 15) is 0 Å². The van der Waals surface area contributed by atoms with Crippen LogP contribution in [-0.2, 0) is 0 Å². The summed E-state index contributed by atoms with van der Waals surface area (Å²) in [5.74, 6) is 1.94. The van der Waals surface area contributed by atoms with E-state index < -0.39 is 0 Å². The lowest BCUT2D eigenvalue weighted by Crippen LogP contribution is -2.27. The molecule has 0 atom stereocenters. The molecular weight excluding hydrogens is 212 g/mol. The normalized spacial score (nSPS) is 11.6. The van der Waals surface area contributed by atoms with Crippen molar-refractivity contribution in [2.75, 3.05) is 51.8 Å². The third-order valence-corrected chi connectivity index (χ3v) is 2.78. The first-order chi connectivity index (χ1) is 6.70. The second kappa shape index (κ2) is 10.1. The van der Waals surface area contributed by atoms with E-state index in [0.29, 0.717) is 0 Å². The van der Waals surface area contributed by atoms with Crippen LogP contribution in [0.3, 0.4) is 0 Å². The van der Waals surface area contributed by atoms with Crippen LogP contribution in [0.2, 0.25) is 0 Å². The molecule has 0 aromatic carbocycles. The highest BCUT2D eigenvalue weighted by atomic mass is 32.1. The van der Waals surface area contributed by atoms with Gasteiger partial charge in [-0.3, -0.25) is 0 Å². The summed E-state index contributed by atoms with van der Waals surface area (Å²) < 4.78 is 0. The Morgan fingerprint density at radius 2 is 1.21 bits per heavy atom. The maximum absolute atomic E-state index is 4.21. The quantitative estimate of drug-likeness (QED) is 0.586. The Kier molecular flexibility index (Phi) is 10.6. The Balaban J connectivity index is 3.25. The average molecular weight is 236 g/mol. The minimum atomic E-state index is 0.950. The topological polar surface area (TPSA) is 6.48 Å². The van der Waals surface area contributed by atoms with Crippen molar-refractivity contribution in [2.24, 2.45) is 0 Å². The summed E-state index contributed by atoms with van der Waals surface area (Å²) in [6, 6.07) is 0. The second-order valence-electron chi connectivity index (χ2n) is 3.76. The van der Waals surface area contributed by atoms with E-state index in [4.69, 9.17) is 0 Å². The summed E-state index contributed by atoms with van der Waals surface area (Å²) in [7, 11) is 4.34. The third kappa shape index (κ3) is 9.19. The molecule has 0 fully saturated rings. The van der Waals surface area contributed by atoms with Gasteiger partial charge in [-0.1, -0.05) is 0 Å². The van der Waals surface area contributed by atoms with Gasteiger partial charge in [0.1, 0.15) is 0 Å². The number of nitrogens with zero attached hydrogens (tertiary/aromatic N) is 2. The molecule has 0 amide bonds. The molecule has 0 aromatic heterocycles. The zero-order valence-corrected chi connectivity index (χ0v) is 11.2. The Morgan fingerprint density at radius 1 is 0.714 bits per heavy atom. The molecule has 0 N–H and O–H groups in total. The maximum Gasteiger partial charge on any atom is 0.00668 e.